The number of fused-ring (bicyclic) bond motifs is 1. The second kappa shape index (κ2) is 8.19. The van der Waals surface area contributed by atoms with Crippen LogP contribution in [-0.4, -0.2) is 39.1 Å². The Hall–Kier alpha value is -2.60. The molecule has 1 aliphatic rings. The van der Waals surface area contributed by atoms with Crippen LogP contribution in [0.5, 0.6) is 0 Å². The lowest BCUT2D eigenvalue weighted by atomic mass is 10.0. The van der Waals surface area contributed by atoms with Crippen LogP contribution in [0.4, 0.5) is 5.69 Å². The molecule has 3 rings (SSSR count). The molecule has 0 N–H and O–H groups in total. The summed E-state index contributed by atoms with van der Waals surface area (Å²) in [5, 5.41) is 0. The number of unbranched alkanes of at least 4 members (excludes halogenated alkanes) is 2. The minimum atomic E-state index is -3.75. The maximum Gasteiger partial charge on any atom is 0.265 e. The molecule has 0 atom stereocenters. The van der Waals surface area contributed by atoms with E-state index in [9.17, 15) is 13.2 Å². The lowest BCUT2D eigenvalue weighted by molar-refractivity contribution is 0.100. The van der Waals surface area contributed by atoms with Crippen molar-refractivity contribution in [1.82, 2.24) is 4.31 Å². The van der Waals surface area contributed by atoms with Crippen LogP contribution in [0.3, 0.4) is 0 Å². The molecule has 2 aromatic rings. The average Bonchev–Trinajstić information content (AvgIpc) is 2.69. The van der Waals surface area contributed by atoms with E-state index in [1.165, 1.54) is 10.4 Å². The van der Waals surface area contributed by atoms with Crippen LogP contribution >= 0.6 is 0 Å². The third kappa shape index (κ3) is 3.83. The highest BCUT2D eigenvalue weighted by Crippen LogP contribution is 2.33. The lowest BCUT2D eigenvalue weighted by Crippen LogP contribution is -2.39. The highest BCUT2D eigenvalue weighted by molar-refractivity contribution is 7.89. The first-order valence-electron chi connectivity index (χ1n) is 9.52. The molecule has 0 aromatic heterocycles. The van der Waals surface area contributed by atoms with Gasteiger partial charge in [0.2, 0.25) is 5.78 Å². The van der Waals surface area contributed by atoms with Crippen LogP contribution in [0, 0.1) is 0 Å². The predicted octanol–water partition coefficient (Wildman–Crippen LogP) is 4.17. The zero-order valence-electron chi connectivity index (χ0n) is 16.6. The van der Waals surface area contributed by atoms with Gasteiger partial charge in [0, 0.05) is 31.9 Å². The number of allylic oxidation sites excluding steroid dienone is 1. The van der Waals surface area contributed by atoms with E-state index < -0.39 is 10.0 Å². The van der Waals surface area contributed by atoms with Crippen molar-refractivity contribution in [2.24, 2.45) is 0 Å². The van der Waals surface area contributed by atoms with Gasteiger partial charge < -0.3 is 4.90 Å². The zero-order chi connectivity index (χ0) is 20.3. The molecule has 0 saturated carbocycles. The summed E-state index contributed by atoms with van der Waals surface area (Å²) in [6.45, 7) is 2.37. The first-order valence-corrected chi connectivity index (χ1v) is 11.0. The molecular formula is C22H26N2O3S. The number of carbonyl (C=O) groups excluding carboxylic acids is 1. The summed E-state index contributed by atoms with van der Waals surface area (Å²) < 4.78 is 27.7. The number of nitrogens with zero attached hydrogens (tertiary/aromatic N) is 2. The van der Waals surface area contributed by atoms with Gasteiger partial charge in [-0.25, -0.2) is 8.42 Å². The van der Waals surface area contributed by atoms with E-state index in [1.807, 2.05) is 43.3 Å². The fourth-order valence-electron chi connectivity index (χ4n) is 3.29. The summed E-state index contributed by atoms with van der Waals surface area (Å²) in [5.74, 6) is -0.251. The summed E-state index contributed by atoms with van der Waals surface area (Å²) in [6, 6.07) is 14.1. The van der Waals surface area contributed by atoms with E-state index in [0.717, 1.165) is 24.1 Å². The van der Waals surface area contributed by atoms with Crippen LogP contribution in [0.2, 0.25) is 0 Å². The van der Waals surface area contributed by atoms with E-state index in [0.29, 0.717) is 13.0 Å². The largest absolute Gasteiger partial charge is 0.378 e. The molecule has 0 aliphatic carbocycles. The van der Waals surface area contributed by atoms with Crippen LogP contribution in [0.1, 0.15) is 42.1 Å². The number of hydrogen-bond donors (Lipinski definition) is 0. The first kappa shape index (κ1) is 20.1. The zero-order valence-corrected chi connectivity index (χ0v) is 17.4. The SMILES string of the molecule is CCCCCN1/C(=C/c2ccc(N(C)C)cc2)C(=O)c2ccccc2S1(=O)=O. The molecule has 6 heteroatoms. The van der Waals surface area contributed by atoms with E-state index in [4.69, 9.17) is 0 Å². The van der Waals surface area contributed by atoms with Gasteiger partial charge in [-0.05, 0) is 42.3 Å². The Morgan fingerprint density at radius 2 is 1.68 bits per heavy atom. The Kier molecular flexibility index (Phi) is 5.89. The van der Waals surface area contributed by atoms with Crippen LogP contribution < -0.4 is 4.90 Å². The quantitative estimate of drug-likeness (QED) is 0.541. The first-order chi connectivity index (χ1) is 13.4. The standard InChI is InChI=1S/C22H26N2O3S/c1-4-5-8-15-24-20(16-17-11-13-18(14-12-17)23(2)3)22(25)19-9-6-7-10-21(19)28(24,26)27/h6-7,9-14,16H,4-5,8,15H2,1-3H3/b20-16+. The van der Waals surface area contributed by atoms with Crippen molar-refractivity contribution in [1.29, 1.82) is 0 Å². The highest BCUT2D eigenvalue weighted by Gasteiger charge is 2.38. The van der Waals surface area contributed by atoms with Gasteiger partial charge in [0.15, 0.2) is 0 Å². The molecule has 1 heterocycles. The third-order valence-corrected chi connectivity index (χ3v) is 6.75. The maximum absolute atomic E-state index is 13.2. The van der Waals surface area contributed by atoms with E-state index in [2.05, 4.69) is 6.92 Å². The molecule has 0 bridgehead atoms. The molecule has 28 heavy (non-hydrogen) atoms. The van der Waals surface area contributed by atoms with Crippen molar-refractivity contribution < 1.29 is 13.2 Å². The summed E-state index contributed by atoms with van der Waals surface area (Å²) in [5.41, 5.74) is 2.29. The summed E-state index contributed by atoms with van der Waals surface area (Å²) in [6.07, 6.45) is 4.28. The Balaban J connectivity index is 2.08. The molecule has 0 amide bonds. The minimum absolute atomic E-state index is 0.0941. The van der Waals surface area contributed by atoms with E-state index >= 15 is 0 Å². The van der Waals surface area contributed by atoms with Gasteiger partial charge >= 0.3 is 0 Å². The number of ketones is 1. The predicted molar refractivity (Wildman–Crippen MR) is 113 cm³/mol. The second-order valence-corrected chi connectivity index (χ2v) is 8.96. The molecule has 1 aliphatic heterocycles. The van der Waals surface area contributed by atoms with Gasteiger partial charge in [0.25, 0.3) is 10.0 Å². The fourth-order valence-corrected chi connectivity index (χ4v) is 4.98. The Morgan fingerprint density at radius 1 is 1.00 bits per heavy atom. The molecule has 0 saturated heterocycles. The Labute approximate surface area is 167 Å². The number of sulfonamides is 1. The van der Waals surface area contributed by atoms with Crippen molar-refractivity contribution >= 4 is 27.6 Å². The number of hydrogen-bond acceptors (Lipinski definition) is 4. The lowest BCUT2D eigenvalue weighted by Gasteiger charge is -2.31. The minimum Gasteiger partial charge on any atom is -0.378 e. The molecular weight excluding hydrogens is 372 g/mol. The molecule has 0 unspecified atom stereocenters. The number of benzene rings is 2. The topological polar surface area (TPSA) is 57.7 Å². The van der Waals surface area contributed by atoms with Gasteiger partial charge in [0.05, 0.1) is 4.90 Å². The van der Waals surface area contributed by atoms with Gasteiger partial charge in [-0.1, -0.05) is 44.0 Å². The molecule has 0 radical (unpaired) electrons. The summed E-state index contributed by atoms with van der Waals surface area (Å²) in [7, 11) is 0.160. The maximum atomic E-state index is 13.2. The van der Waals surface area contributed by atoms with Crippen LogP contribution in [0.25, 0.3) is 6.08 Å². The Bertz CT molecular complexity index is 993. The number of carbonyl (C=O) groups is 1. The molecule has 0 spiro atoms. The molecule has 0 fully saturated rings. The number of anilines is 1. The van der Waals surface area contributed by atoms with Gasteiger partial charge in [-0.2, -0.15) is 0 Å². The smallest absolute Gasteiger partial charge is 0.265 e. The van der Waals surface area contributed by atoms with Crippen molar-refractivity contribution in [2.45, 2.75) is 31.1 Å². The normalized spacial score (nSPS) is 16.9. The van der Waals surface area contributed by atoms with Crippen LogP contribution in [-0.2, 0) is 10.0 Å². The van der Waals surface area contributed by atoms with Crippen molar-refractivity contribution in [2.75, 3.05) is 25.5 Å². The van der Waals surface area contributed by atoms with Gasteiger partial charge in [-0.3, -0.25) is 9.10 Å². The molecule has 2 aromatic carbocycles. The van der Waals surface area contributed by atoms with E-state index in [-0.39, 0.29) is 21.9 Å². The second-order valence-electron chi connectivity index (χ2n) is 7.13. The monoisotopic (exact) mass is 398 g/mol. The number of rotatable bonds is 6. The van der Waals surface area contributed by atoms with Crippen molar-refractivity contribution in [3.05, 3.63) is 65.4 Å². The highest BCUT2D eigenvalue weighted by atomic mass is 32.2. The van der Waals surface area contributed by atoms with Crippen LogP contribution in [0.15, 0.2) is 59.1 Å². The molecule has 5 nitrogen and oxygen atoms in total. The third-order valence-electron chi connectivity index (χ3n) is 4.88. The van der Waals surface area contributed by atoms with Crippen molar-refractivity contribution in [3.63, 3.8) is 0 Å². The van der Waals surface area contributed by atoms with Gasteiger partial charge in [0.1, 0.15) is 5.70 Å². The fraction of sp³-hybridized carbons (Fsp3) is 0.318. The number of Topliss-reactive ketones (excluding diaryl/α,β-unsaturated/α-hetero) is 1. The summed E-state index contributed by atoms with van der Waals surface area (Å²) in [4.78, 5) is 15.2. The summed E-state index contributed by atoms with van der Waals surface area (Å²) >= 11 is 0. The van der Waals surface area contributed by atoms with Crippen molar-refractivity contribution in [3.8, 4) is 0 Å². The van der Waals surface area contributed by atoms with Gasteiger partial charge in [-0.15, -0.1) is 0 Å². The van der Waals surface area contributed by atoms with E-state index in [1.54, 1.807) is 24.3 Å². The Morgan fingerprint density at radius 3 is 2.32 bits per heavy atom. The average molecular weight is 399 g/mol. The molecule has 148 valence electrons.